The molecule has 2 amide bonds. The highest BCUT2D eigenvalue weighted by Gasteiger charge is 2.26. The summed E-state index contributed by atoms with van der Waals surface area (Å²) in [6.07, 6.45) is 8.26. The molecule has 3 rings (SSSR count). The van der Waals surface area contributed by atoms with Crippen molar-refractivity contribution in [2.75, 3.05) is 26.2 Å². The summed E-state index contributed by atoms with van der Waals surface area (Å²) in [4.78, 5) is 32.2. The number of likely N-dealkylation sites (tertiary alicyclic amines) is 2. The van der Waals surface area contributed by atoms with Gasteiger partial charge in [0.1, 0.15) is 0 Å². The molecule has 5 nitrogen and oxygen atoms in total. The third-order valence-electron chi connectivity index (χ3n) is 5.15. The third-order valence-corrected chi connectivity index (χ3v) is 5.15. The minimum absolute atomic E-state index is 0.101. The van der Waals surface area contributed by atoms with Gasteiger partial charge < -0.3 is 9.80 Å². The topological polar surface area (TPSA) is 53.5 Å². The van der Waals surface area contributed by atoms with Gasteiger partial charge in [0.2, 0.25) is 5.91 Å². The van der Waals surface area contributed by atoms with Gasteiger partial charge >= 0.3 is 0 Å². The van der Waals surface area contributed by atoms with Crippen LogP contribution in [0.25, 0.3) is 0 Å². The lowest BCUT2D eigenvalue weighted by atomic mass is 9.93. The van der Waals surface area contributed by atoms with Crippen LogP contribution in [-0.2, 0) is 4.79 Å². The molecule has 0 spiro atoms. The second-order valence-electron chi connectivity index (χ2n) is 6.70. The van der Waals surface area contributed by atoms with Gasteiger partial charge in [-0.1, -0.05) is 0 Å². The Labute approximate surface area is 137 Å². The van der Waals surface area contributed by atoms with Crippen LogP contribution in [0.2, 0.25) is 0 Å². The van der Waals surface area contributed by atoms with E-state index in [0.29, 0.717) is 17.4 Å². The number of rotatable bonds is 4. The predicted octanol–water partition coefficient (Wildman–Crippen LogP) is 2.25. The van der Waals surface area contributed by atoms with Gasteiger partial charge in [-0.25, -0.2) is 0 Å². The number of carbonyl (C=O) groups is 2. The van der Waals surface area contributed by atoms with Crippen molar-refractivity contribution in [3.05, 3.63) is 29.6 Å². The summed E-state index contributed by atoms with van der Waals surface area (Å²) >= 11 is 0. The van der Waals surface area contributed by atoms with Crippen LogP contribution in [0.15, 0.2) is 18.5 Å². The normalized spacial score (nSPS) is 19.4. The summed E-state index contributed by atoms with van der Waals surface area (Å²) in [7, 11) is 0. The number of aryl methyl sites for hydroxylation is 1. The maximum Gasteiger partial charge on any atom is 0.255 e. The molecule has 0 bridgehead atoms. The fourth-order valence-corrected chi connectivity index (χ4v) is 3.56. The molecule has 0 radical (unpaired) electrons. The first-order chi connectivity index (χ1) is 11.1. The Balaban J connectivity index is 1.47. The van der Waals surface area contributed by atoms with Gasteiger partial charge in [0, 0.05) is 45.0 Å². The molecule has 2 saturated heterocycles. The van der Waals surface area contributed by atoms with Crippen molar-refractivity contribution in [2.45, 2.75) is 39.0 Å². The van der Waals surface area contributed by atoms with Gasteiger partial charge in [-0.05, 0) is 50.2 Å². The van der Waals surface area contributed by atoms with Gasteiger partial charge in [-0.15, -0.1) is 0 Å². The number of hydrogen-bond acceptors (Lipinski definition) is 3. The van der Waals surface area contributed by atoms with E-state index in [2.05, 4.69) is 4.98 Å². The Bertz CT molecular complexity index is 579. The summed E-state index contributed by atoms with van der Waals surface area (Å²) in [6.45, 7) is 5.39. The molecule has 0 atom stereocenters. The van der Waals surface area contributed by atoms with Crippen LogP contribution in [-0.4, -0.2) is 52.8 Å². The van der Waals surface area contributed by atoms with Gasteiger partial charge in [0.25, 0.3) is 5.91 Å². The first-order valence-corrected chi connectivity index (χ1v) is 8.63. The van der Waals surface area contributed by atoms with E-state index in [0.717, 1.165) is 63.8 Å². The SMILES string of the molecule is Cc1ccncc1C(=O)N1CCC(CCN2CCCC2=O)CC1. The number of aromatic nitrogens is 1. The number of piperidine rings is 1. The van der Waals surface area contributed by atoms with E-state index < -0.39 is 0 Å². The second-order valence-corrected chi connectivity index (χ2v) is 6.70. The molecule has 1 aromatic heterocycles. The molecule has 2 aliphatic rings. The predicted molar refractivity (Wildman–Crippen MR) is 88.0 cm³/mol. The number of pyridine rings is 1. The Morgan fingerprint density at radius 2 is 2.09 bits per heavy atom. The van der Waals surface area contributed by atoms with Crippen LogP contribution >= 0.6 is 0 Å². The molecule has 5 heteroatoms. The van der Waals surface area contributed by atoms with E-state index in [1.54, 1.807) is 12.4 Å². The highest BCUT2D eigenvalue weighted by Crippen LogP contribution is 2.23. The van der Waals surface area contributed by atoms with Crippen LogP contribution in [0.3, 0.4) is 0 Å². The van der Waals surface area contributed by atoms with Crippen LogP contribution in [0.1, 0.15) is 48.0 Å². The summed E-state index contributed by atoms with van der Waals surface area (Å²) in [5.41, 5.74) is 1.70. The Morgan fingerprint density at radius 3 is 2.74 bits per heavy atom. The summed E-state index contributed by atoms with van der Waals surface area (Å²) in [5, 5.41) is 0. The quantitative estimate of drug-likeness (QED) is 0.856. The molecule has 23 heavy (non-hydrogen) atoms. The van der Waals surface area contributed by atoms with E-state index in [1.165, 1.54) is 0 Å². The smallest absolute Gasteiger partial charge is 0.255 e. The molecule has 1 aromatic rings. The zero-order valence-corrected chi connectivity index (χ0v) is 13.8. The average molecular weight is 315 g/mol. The monoisotopic (exact) mass is 315 g/mol. The Kier molecular flexibility index (Phi) is 4.94. The fraction of sp³-hybridized carbons (Fsp3) is 0.611. The molecule has 3 heterocycles. The maximum absolute atomic E-state index is 12.6. The molecule has 0 unspecified atom stereocenters. The summed E-state index contributed by atoms with van der Waals surface area (Å²) in [6, 6.07) is 1.88. The lowest BCUT2D eigenvalue weighted by Gasteiger charge is -2.33. The summed E-state index contributed by atoms with van der Waals surface area (Å²) in [5.74, 6) is 1.04. The first-order valence-electron chi connectivity index (χ1n) is 8.63. The van der Waals surface area contributed by atoms with E-state index in [-0.39, 0.29) is 5.91 Å². The lowest BCUT2D eigenvalue weighted by molar-refractivity contribution is -0.127. The largest absolute Gasteiger partial charge is 0.343 e. The van der Waals surface area contributed by atoms with Crippen molar-refractivity contribution in [3.63, 3.8) is 0 Å². The standard InChI is InChI=1S/C18H25N3O2/c1-14-4-8-19-13-16(14)18(23)21-11-6-15(7-12-21)5-10-20-9-2-3-17(20)22/h4,8,13,15H,2-3,5-7,9-12H2,1H3. The highest BCUT2D eigenvalue weighted by atomic mass is 16.2. The fourth-order valence-electron chi connectivity index (χ4n) is 3.56. The molecule has 0 aromatic carbocycles. The molecule has 124 valence electrons. The number of amides is 2. The molecule has 0 aliphatic carbocycles. The molecule has 0 N–H and O–H groups in total. The van der Waals surface area contributed by atoms with Crippen molar-refractivity contribution in [3.8, 4) is 0 Å². The average Bonchev–Trinajstić information content (AvgIpc) is 2.98. The lowest BCUT2D eigenvalue weighted by Crippen LogP contribution is -2.39. The number of carbonyl (C=O) groups excluding carboxylic acids is 2. The third kappa shape index (κ3) is 3.71. The van der Waals surface area contributed by atoms with Crippen LogP contribution in [0.4, 0.5) is 0 Å². The summed E-state index contributed by atoms with van der Waals surface area (Å²) < 4.78 is 0. The molecule has 2 aliphatic heterocycles. The van der Waals surface area contributed by atoms with Crippen LogP contribution in [0, 0.1) is 12.8 Å². The second kappa shape index (κ2) is 7.11. The zero-order chi connectivity index (χ0) is 16.2. The van der Waals surface area contributed by atoms with Gasteiger partial charge in [-0.2, -0.15) is 0 Å². The van der Waals surface area contributed by atoms with Crippen molar-refractivity contribution in [1.82, 2.24) is 14.8 Å². The Morgan fingerprint density at radius 1 is 1.30 bits per heavy atom. The van der Waals surface area contributed by atoms with Crippen LogP contribution in [0.5, 0.6) is 0 Å². The van der Waals surface area contributed by atoms with Crippen molar-refractivity contribution >= 4 is 11.8 Å². The van der Waals surface area contributed by atoms with Crippen molar-refractivity contribution < 1.29 is 9.59 Å². The molecular weight excluding hydrogens is 290 g/mol. The van der Waals surface area contributed by atoms with E-state index in [1.807, 2.05) is 22.8 Å². The van der Waals surface area contributed by atoms with Gasteiger partial charge in [0.15, 0.2) is 0 Å². The molecular formula is C18H25N3O2. The van der Waals surface area contributed by atoms with Gasteiger partial charge in [0.05, 0.1) is 5.56 Å². The van der Waals surface area contributed by atoms with E-state index >= 15 is 0 Å². The molecule has 0 saturated carbocycles. The number of hydrogen-bond donors (Lipinski definition) is 0. The molecule has 2 fully saturated rings. The zero-order valence-electron chi connectivity index (χ0n) is 13.8. The van der Waals surface area contributed by atoms with Crippen molar-refractivity contribution in [2.24, 2.45) is 5.92 Å². The highest BCUT2D eigenvalue weighted by molar-refractivity contribution is 5.95. The van der Waals surface area contributed by atoms with Crippen LogP contribution < -0.4 is 0 Å². The minimum atomic E-state index is 0.101. The van der Waals surface area contributed by atoms with Gasteiger partial charge in [-0.3, -0.25) is 14.6 Å². The maximum atomic E-state index is 12.6. The minimum Gasteiger partial charge on any atom is -0.343 e. The Hall–Kier alpha value is -1.91. The van der Waals surface area contributed by atoms with Crippen molar-refractivity contribution in [1.29, 1.82) is 0 Å². The van der Waals surface area contributed by atoms with E-state index in [9.17, 15) is 9.59 Å². The number of nitrogens with zero attached hydrogens (tertiary/aromatic N) is 3. The first kappa shape index (κ1) is 16.0. The van der Waals surface area contributed by atoms with E-state index in [4.69, 9.17) is 0 Å².